The Balaban J connectivity index is 0.00000117. The number of benzene rings is 1. The zero-order valence-electron chi connectivity index (χ0n) is 16.3. The standard InChI is InChI=1S/C18H21N5O.C2H6/c1-9(2)22-14-7-12-16(20-8-21-18(12)19)17(23-14)15-10(3)5-6-13(24)11(15)4;1-2/h5-9,24H,1-4H3,(H,22,23)(H2,19,20,21);1-2H3. The maximum atomic E-state index is 10.1. The van der Waals surface area contributed by atoms with Crippen LogP contribution in [0.3, 0.4) is 0 Å². The molecular formula is C20H27N5O. The van der Waals surface area contributed by atoms with Crippen LogP contribution in [-0.4, -0.2) is 26.1 Å². The van der Waals surface area contributed by atoms with Gasteiger partial charge in [-0.2, -0.15) is 0 Å². The molecule has 0 spiro atoms. The second-order valence-electron chi connectivity index (χ2n) is 6.21. The van der Waals surface area contributed by atoms with Crippen molar-refractivity contribution in [2.24, 2.45) is 0 Å². The van der Waals surface area contributed by atoms with E-state index in [0.717, 1.165) is 22.1 Å². The number of pyridine rings is 1. The molecule has 0 unspecified atom stereocenters. The van der Waals surface area contributed by atoms with E-state index >= 15 is 0 Å². The number of rotatable bonds is 3. The van der Waals surface area contributed by atoms with Gasteiger partial charge in [-0.1, -0.05) is 19.9 Å². The van der Waals surface area contributed by atoms with Gasteiger partial charge in [0.05, 0.1) is 5.69 Å². The summed E-state index contributed by atoms with van der Waals surface area (Å²) in [6.45, 7) is 11.9. The van der Waals surface area contributed by atoms with E-state index in [0.29, 0.717) is 22.8 Å². The molecule has 1 aromatic carbocycles. The Morgan fingerprint density at radius 2 is 1.81 bits per heavy atom. The molecule has 3 aromatic rings. The number of fused-ring (bicyclic) bond motifs is 1. The summed E-state index contributed by atoms with van der Waals surface area (Å²) in [5.74, 6) is 1.34. The van der Waals surface area contributed by atoms with Crippen LogP contribution in [0.15, 0.2) is 24.5 Å². The number of nitrogens with one attached hydrogen (secondary N) is 1. The molecule has 0 aliphatic rings. The van der Waals surface area contributed by atoms with Crippen molar-refractivity contribution in [3.63, 3.8) is 0 Å². The van der Waals surface area contributed by atoms with E-state index in [9.17, 15) is 5.11 Å². The van der Waals surface area contributed by atoms with Crippen LogP contribution in [0.25, 0.3) is 22.2 Å². The maximum absolute atomic E-state index is 10.1. The van der Waals surface area contributed by atoms with Crippen LogP contribution in [0.4, 0.5) is 11.6 Å². The third kappa shape index (κ3) is 3.69. The highest BCUT2D eigenvalue weighted by atomic mass is 16.3. The topological polar surface area (TPSA) is 97.0 Å². The van der Waals surface area contributed by atoms with E-state index in [4.69, 9.17) is 10.7 Å². The molecule has 0 bridgehead atoms. The summed E-state index contributed by atoms with van der Waals surface area (Å²) in [5.41, 5.74) is 10.1. The minimum Gasteiger partial charge on any atom is -0.508 e. The number of phenolic OH excluding ortho intramolecular Hbond substituents is 1. The van der Waals surface area contributed by atoms with E-state index in [1.165, 1.54) is 6.33 Å². The molecular weight excluding hydrogens is 326 g/mol. The van der Waals surface area contributed by atoms with Crippen molar-refractivity contribution in [1.29, 1.82) is 0 Å². The smallest absolute Gasteiger partial charge is 0.134 e. The highest BCUT2D eigenvalue weighted by Crippen LogP contribution is 2.36. The Morgan fingerprint density at radius 1 is 1.12 bits per heavy atom. The van der Waals surface area contributed by atoms with Gasteiger partial charge in [0.1, 0.15) is 29.2 Å². The zero-order valence-corrected chi connectivity index (χ0v) is 16.3. The molecule has 0 amide bonds. The van der Waals surface area contributed by atoms with E-state index in [2.05, 4.69) is 15.3 Å². The molecule has 138 valence electrons. The molecule has 6 nitrogen and oxygen atoms in total. The number of aromatic hydroxyl groups is 1. The molecule has 3 rings (SSSR count). The van der Waals surface area contributed by atoms with Crippen molar-refractivity contribution >= 4 is 22.5 Å². The average molecular weight is 353 g/mol. The second-order valence-corrected chi connectivity index (χ2v) is 6.21. The fourth-order valence-electron chi connectivity index (χ4n) is 2.83. The lowest BCUT2D eigenvalue weighted by atomic mass is 9.97. The van der Waals surface area contributed by atoms with Crippen molar-refractivity contribution in [3.05, 3.63) is 35.7 Å². The Kier molecular flexibility index (Phi) is 5.97. The average Bonchev–Trinajstić information content (AvgIpc) is 2.61. The molecule has 6 heteroatoms. The van der Waals surface area contributed by atoms with Gasteiger partial charge in [-0.25, -0.2) is 15.0 Å². The normalized spacial score (nSPS) is 10.6. The van der Waals surface area contributed by atoms with Crippen LogP contribution in [0.2, 0.25) is 0 Å². The SMILES string of the molecule is CC.Cc1ccc(O)c(C)c1-c1nc(NC(C)C)cc2c(N)ncnc12. The molecule has 26 heavy (non-hydrogen) atoms. The summed E-state index contributed by atoms with van der Waals surface area (Å²) < 4.78 is 0. The van der Waals surface area contributed by atoms with Crippen molar-refractivity contribution in [2.45, 2.75) is 47.6 Å². The molecule has 2 aromatic heterocycles. The number of nitrogens with zero attached hydrogens (tertiary/aromatic N) is 3. The first-order chi connectivity index (χ1) is 12.4. The predicted octanol–water partition coefficient (Wildman–Crippen LogP) is 4.44. The predicted molar refractivity (Wildman–Crippen MR) is 108 cm³/mol. The van der Waals surface area contributed by atoms with Crippen LogP contribution in [0.5, 0.6) is 5.75 Å². The Hall–Kier alpha value is -2.89. The van der Waals surface area contributed by atoms with Gasteiger partial charge >= 0.3 is 0 Å². The van der Waals surface area contributed by atoms with Gasteiger partial charge in [0.2, 0.25) is 0 Å². The minimum atomic E-state index is 0.222. The first-order valence-electron chi connectivity index (χ1n) is 8.85. The number of nitrogens with two attached hydrogens (primary N) is 1. The fourth-order valence-corrected chi connectivity index (χ4v) is 2.83. The number of hydrogen-bond acceptors (Lipinski definition) is 6. The largest absolute Gasteiger partial charge is 0.508 e. The van der Waals surface area contributed by atoms with E-state index in [-0.39, 0.29) is 11.8 Å². The summed E-state index contributed by atoms with van der Waals surface area (Å²) in [6, 6.07) is 5.65. The molecule has 0 radical (unpaired) electrons. The van der Waals surface area contributed by atoms with Gasteiger partial charge in [0.15, 0.2) is 0 Å². The van der Waals surface area contributed by atoms with Crippen molar-refractivity contribution in [2.75, 3.05) is 11.1 Å². The van der Waals surface area contributed by atoms with Gasteiger partial charge in [-0.15, -0.1) is 0 Å². The van der Waals surface area contributed by atoms with Crippen molar-refractivity contribution in [3.8, 4) is 17.0 Å². The molecule has 0 saturated carbocycles. The summed E-state index contributed by atoms with van der Waals surface area (Å²) >= 11 is 0. The van der Waals surface area contributed by atoms with E-state index in [1.807, 2.05) is 53.7 Å². The monoisotopic (exact) mass is 353 g/mol. The third-order valence-electron chi connectivity index (χ3n) is 3.97. The highest BCUT2D eigenvalue weighted by molar-refractivity contribution is 5.99. The molecule has 0 aliphatic carbocycles. The number of aromatic nitrogens is 3. The number of aryl methyl sites for hydroxylation is 1. The van der Waals surface area contributed by atoms with Crippen LogP contribution in [-0.2, 0) is 0 Å². The Labute approximate surface area is 154 Å². The maximum Gasteiger partial charge on any atom is 0.134 e. The molecule has 2 heterocycles. The quantitative estimate of drug-likeness (QED) is 0.644. The molecule has 0 fully saturated rings. The molecule has 0 aliphatic heterocycles. The molecule has 4 N–H and O–H groups in total. The number of anilines is 2. The summed E-state index contributed by atoms with van der Waals surface area (Å²) in [4.78, 5) is 13.2. The van der Waals surface area contributed by atoms with Gasteiger partial charge in [0, 0.05) is 22.6 Å². The molecule has 0 atom stereocenters. The lowest BCUT2D eigenvalue weighted by molar-refractivity contribution is 0.471. The number of hydrogen-bond donors (Lipinski definition) is 3. The van der Waals surface area contributed by atoms with E-state index in [1.54, 1.807) is 6.07 Å². The second kappa shape index (κ2) is 7.99. The van der Waals surface area contributed by atoms with Gasteiger partial charge in [-0.05, 0) is 45.4 Å². The molecule has 0 saturated heterocycles. The summed E-state index contributed by atoms with van der Waals surface area (Å²) in [6.07, 6.45) is 1.44. The fraction of sp³-hybridized carbons (Fsp3) is 0.350. The Bertz CT molecular complexity index is 922. The lowest BCUT2D eigenvalue weighted by Gasteiger charge is -2.16. The first-order valence-corrected chi connectivity index (χ1v) is 8.85. The third-order valence-corrected chi connectivity index (χ3v) is 3.97. The van der Waals surface area contributed by atoms with Crippen molar-refractivity contribution < 1.29 is 5.11 Å². The minimum absolute atomic E-state index is 0.222. The van der Waals surface area contributed by atoms with Crippen LogP contribution in [0, 0.1) is 13.8 Å². The summed E-state index contributed by atoms with van der Waals surface area (Å²) in [7, 11) is 0. The zero-order chi connectivity index (χ0) is 19.4. The van der Waals surface area contributed by atoms with Gasteiger partial charge < -0.3 is 16.2 Å². The number of nitrogen functional groups attached to an aromatic ring is 1. The van der Waals surface area contributed by atoms with E-state index < -0.39 is 0 Å². The van der Waals surface area contributed by atoms with Crippen LogP contribution >= 0.6 is 0 Å². The number of phenols is 1. The van der Waals surface area contributed by atoms with Gasteiger partial charge in [0.25, 0.3) is 0 Å². The lowest BCUT2D eigenvalue weighted by Crippen LogP contribution is -2.12. The van der Waals surface area contributed by atoms with Crippen LogP contribution in [0.1, 0.15) is 38.8 Å². The van der Waals surface area contributed by atoms with Gasteiger partial charge in [-0.3, -0.25) is 0 Å². The first kappa shape index (κ1) is 19.4. The Morgan fingerprint density at radius 3 is 2.46 bits per heavy atom. The van der Waals surface area contributed by atoms with Crippen LogP contribution < -0.4 is 11.1 Å². The highest BCUT2D eigenvalue weighted by Gasteiger charge is 2.17. The summed E-state index contributed by atoms with van der Waals surface area (Å²) in [5, 5.41) is 14.2. The van der Waals surface area contributed by atoms with Crippen molar-refractivity contribution in [1.82, 2.24) is 15.0 Å².